The SMILES string of the molecule is [2H]C1N([2H])C([2H])([2H])N([2H])C1([2H])C. The van der Waals surface area contributed by atoms with Crippen LogP contribution in [0.1, 0.15) is 12.4 Å². The molecule has 1 fully saturated rings. The van der Waals surface area contributed by atoms with Crippen molar-refractivity contribution in [2.45, 2.75) is 12.9 Å². The van der Waals surface area contributed by atoms with Crippen molar-refractivity contribution in [3.05, 3.63) is 0 Å². The van der Waals surface area contributed by atoms with Crippen molar-refractivity contribution >= 4 is 0 Å². The Morgan fingerprint density at radius 2 is 3.17 bits per heavy atom. The lowest BCUT2D eigenvalue weighted by atomic mass is 10.4. The van der Waals surface area contributed by atoms with Crippen molar-refractivity contribution in [1.29, 1.82) is 0 Å². The molecule has 0 aromatic heterocycles. The van der Waals surface area contributed by atoms with E-state index in [0.717, 1.165) is 0 Å². The molecule has 2 unspecified atom stereocenters. The standard InChI is InChI=1S/C4H10N2/c1-4-2-5-3-6-4/h4-6H,2-3H2,1H3/i2D,3D2,4D/hD2. The van der Waals surface area contributed by atoms with Gasteiger partial charge in [0.25, 0.3) is 0 Å². The van der Waals surface area contributed by atoms with E-state index in [1.807, 2.05) is 0 Å². The Labute approximate surface area is 46.5 Å². The zero-order chi connectivity index (χ0) is 9.73. The zero-order valence-corrected chi connectivity index (χ0v) is 3.47. The maximum absolute atomic E-state index is 7.43. The minimum absolute atomic E-state index is 0.312. The Bertz CT molecular complexity index is 174. The summed E-state index contributed by atoms with van der Waals surface area (Å²) < 4.78 is 43.4. The molecular weight excluding hydrogens is 76.1 g/mol. The van der Waals surface area contributed by atoms with Gasteiger partial charge in [-0.15, -0.1) is 0 Å². The summed E-state index contributed by atoms with van der Waals surface area (Å²) in [5.74, 6) is 0. The molecule has 0 aromatic rings. The summed E-state index contributed by atoms with van der Waals surface area (Å²) in [5.41, 5.74) is 0. The number of nitrogens with one attached hydrogen (secondary N) is 2. The van der Waals surface area contributed by atoms with Gasteiger partial charge in [-0.2, -0.15) is 0 Å². The topological polar surface area (TPSA) is 24.1 Å². The molecule has 2 atom stereocenters. The van der Waals surface area contributed by atoms with Crippen LogP contribution in [0.2, 0.25) is 2.82 Å². The first kappa shape index (κ1) is 1.01. The number of hydrogen-bond donors (Lipinski definition) is 2. The van der Waals surface area contributed by atoms with Crippen molar-refractivity contribution in [2.75, 3.05) is 13.1 Å². The predicted molar refractivity (Wildman–Crippen MR) is 25.5 cm³/mol. The van der Waals surface area contributed by atoms with E-state index in [4.69, 9.17) is 8.31 Å². The molecule has 0 saturated carbocycles. The smallest absolute Gasteiger partial charge is 0.124 e. The molecule has 1 rings (SSSR count). The van der Waals surface area contributed by atoms with Gasteiger partial charge in [0.2, 0.25) is 0 Å². The molecule has 1 heterocycles. The van der Waals surface area contributed by atoms with Crippen molar-refractivity contribution in [2.24, 2.45) is 0 Å². The largest absolute Gasteiger partial charge is 0.303 e. The van der Waals surface area contributed by atoms with Crippen LogP contribution >= 0.6 is 0 Å². The Balaban J connectivity index is 3.03. The molecule has 2 N–H and O–H groups in total. The second-order valence-electron chi connectivity index (χ2n) is 1.11. The summed E-state index contributed by atoms with van der Waals surface area (Å²) in [4.78, 5) is 0. The fourth-order valence-electron chi connectivity index (χ4n) is 0.259. The van der Waals surface area contributed by atoms with Gasteiger partial charge in [0.1, 0.15) is 2.82 Å². The van der Waals surface area contributed by atoms with Crippen LogP contribution in [0.3, 0.4) is 0 Å². The second kappa shape index (κ2) is 1.58. The molecule has 6 heavy (non-hydrogen) atoms. The van der Waals surface area contributed by atoms with Gasteiger partial charge in [-0.05, 0) is 6.92 Å². The normalized spacial score (nSPS) is 88.5. The zero-order valence-electron chi connectivity index (χ0n) is 9.47. The van der Waals surface area contributed by atoms with Gasteiger partial charge >= 0.3 is 0 Å². The molecule has 0 amide bonds. The van der Waals surface area contributed by atoms with Crippen LogP contribution in [-0.2, 0) is 0 Å². The quantitative estimate of drug-likeness (QED) is 0.422. The van der Waals surface area contributed by atoms with Crippen LogP contribution in [0.4, 0.5) is 0 Å². The van der Waals surface area contributed by atoms with Gasteiger partial charge in [-0.25, -0.2) is 0 Å². The van der Waals surface area contributed by atoms with Crippen molar-refractivity contribution < 1.29 is 8.31 Å². The fourth-order valence-corrected chi connectivity index (χ4v) is 0.259. The summed E-state index contributed by atoms with van der Waals surface area (Å²) in [6, 6.07) is -1.70. The monoisotopic (exact) mass is 92.1 g/mol. The molecular formula is C4H10N2. The third-order valence-corrected chi connectivity index (χ3v) is 0.535. The van der Waals surface area contributed by atoms with Gasteiger partial charge in [0.05, 0.1) is 2.74 Å². The summed E-state index contributed by atoms with van der Waals surface area (Å²) >= 11 is 0. The Morgan fingerprint density at radius 1 is 2.33 bits per heavy atom. The van der Waals surface area contributed by atoms with Crippen molar-refractivity contribution in [3.63, 3.8) is 0 Å². The molecule has 0 aromatic carbocycles. The summed E-state index contributed by atoms with van der Waals surface area (Å²) in [6.45, 7) is -2.49. The third kappa shape index (κ3) is 0.698. The molecule has 36 valence electrons. The lowest BCUT2D eigenvalue weighted by Gasteiger charge is -1.93. The molecule has 1 aliphatic heterocycles. The van der Waals surface area contributed by atoms with E-state index in [9.17, 15) is 0 Å². The molecule has 1 saturated heterocycles. The molecule has 0 spiro atoms. The van der Waals surface area contributed by atoms with E-state index in [-0.39, 0.29) is 0 Å². The summed E-state index contributed by atoms with van der Waals surface area (Å²) in [7, 11) is 0. The summed E-state index contributed by atoms with van der Waals surface area (Å²) in [5, 5.41) is 0.637. The van der Waals surface area contributed by atoms with Gasteiger partial charge in [-0.1, -0.05) is 0 Å². The van der Waals surface area contributed by atoms with Crippen LogP contribution < -0.4 is 10.6 Å². The van der Waals surface area contributed by atoms with Crippen LogP contribution in [0, 0.1) is 0 Å². The van der Waals surface area contributed by atoms with Gasteiger partial charge in [0, 0.05) is 21.9 Å². The first-order chi connectivity index (χ1) is 5.22. The molecule has 2 nitrogen and oxygen atoms in total. The van der Waals surface area contributed by atoms with Gasteiger partial charge in [-0.3, -0.25) is 0 Å². The molecule has 0 bridgehead atoms. The second-order valence-corrected chi connectivity index (χ2v) is 1.11. The maximum Gasteiger partial charge on any atom is 0.124 e. The van der Waals surface area contributed by atoms with E-state index in [1.165, 1.54) is 6.92 Å². The minimum atomic E-state index is -2.36. The van der Waals surface area contributed by atoms with Crippen LogP contribution in [-0.4, -0.2) is 19.2 Å². The Kier molecular flexibility index (Phi) is 0.265. The Hall–Kier alpha value is -0.0800. The van der Waals surface area contributed by atoms with Crippen LogP contribution in [0.15, 0.2) is 0 Å². The van der Waals surface area contributed by atoms with E-state index < -0.39 is 19.2 Å². The van der Waals surface area contributed by atoms with E-state index in [1.54, 1.807) is 0 Å². The third-order valence-electron chi connectivity index (χ3n) is 0.535. The molecule has 2 heteroatoms. The van der Waals surface area contributed by atoms with E-state index in [0.29, 0.717) is 10.6 Å². The number of hydrogen-bond acceptors (Lipinski definition) is 2. The van der Waals surface area contributed by atoms with Crippen LogP contribution in [0.5, 0.6) is 0 Å². The fraction of sp³-hybridized carbons (Fsp3) is 1.00. The predicted octanol–water partition coefficient (Wildman–Crippen LogP) is -0.475. The van der Waals surface area contributed by atoms with Crippen molar-refractivity contribution in [3.8, 4) is 0 Å². The highest BCUT2D eigenvalue weighted by molar-refractivity contribution is 4.68. The maximum atomic E-state index is 7.43. The lowest BCUT2D eigenvalue weighted by molar-refractivity contribution is 0.692. The number of rotatable bonds is 0. The minimum Gasteiger partial charge on any atom is -0.303 e. The average Bonchev–Trinajstić information content (AvgIpc) is 2.06. The Morgan fingerprint density at radius 3 is 3.33 bits per heavy atom. The molecule has 0 radical (unpaired) electrons. The molecule has 0 aliphatic carbocycles. The van der Waals surface area contributed by atoms with E-state index in [2.05, 4.69) is 0 Å². The average molecular weight is 92.2 g/mol. The lowest BCUT2D eigenvalue weighted by Crippen LogP contribution is -2.18. The highest BCUT2D eigenvalue weighted by Gasteiger charge is 2.04. The van der Waals surface area contributed by atoms with Crippen molar-refractivity contribution in [1.82, 2.24) is 10.6 Å². The first-order valence-electron chi connectivity index (χ1n) is 4.69. The van der Waals surface area contributed by atoms with Gasteiger partial charge in [0.15, 0.2) is 0 Å². The van der Waals surface area contributed by atoms with E-state index >= 15 is 0 Å². The highest BCUT2D eigenvalue weighted by Crippen LogP contribution is 1.80. The highest BCUT2D eigenvalue weighted by atomic mass is 15.2. The first-order valence-corrected chi connectivity index (χ1v) is 1.72. The van der Waals surface area contributed by atoms with Crippen LogP contribution in [0.25, 0.3) is 0 Å². The molecule has 1 aliphatic rings. The summed E-state index contributed by atoms with van der Waals surface area (Å²) in [6.07, 6.45) is 0. The van der Waals surface area contributed by atoms with Gasteiger partial charge < -0.3 is 10.6 Å².